The molecule has 1 atom stereocenters. The number of carbonyl (C=O) groups excluding carboxylic acids is 4. The number of likely N-dealkylation sites (N-methyl/N-ethyl adjacent to an activating group) is 1. The Bertz CT molecular complexity index is 711. The summed E-state index contributed by atoms with van der Waals surface area (Å²) in [6.45, 7) is 0.743. The van der Waals surface area contributed by atoms with Gasteiger partial charge in [0, 0.05) is 7.05 Å². The van der Waals surface area contributed by atoms with Gasteiger partial charge in [-0.15, -0.1) is 0 Å². The van der Waals surface area contributed by atoms with Crippen LogP contribution < -0.4 is 15.6 Å². The molecule has 1 aromatic rings. The van der Waals surface area contributed by atoms with Gasteiger partial charge < -0.3 is 9.64 Å². The average Bonchev–Trinajstić information content (AvgIpc) is 2.81. The van der Waals surface area contributed by atoms with Gasteiger partial charge in [0.15, 0.2) is 17.7 Å². The standard InChI is InChI=1S/C15H17FN4O5/c1-9(25-11-6-4-3-5-10(11)16)14(23)18-17-12(21)7-20-13(22)8-19(2)15(20)24/h3-6,9H,7-8H2,1-2H3,(H,17,21)(H,18,23)/t9-/m0/s1. The van der Waals surface area contributed by atoms with Crippen molar-refractivity contribution in [1.29, 1.82) is 0 Å². The lowest BCUT2D eigenvalue weighted by Gasteiger charge is -2.17. The SMILES string of the molecule is C[C@H](Oc1ccccc1F)C(=O)NNC(=O)CN1C(=O)CN(C)C1=O. The van der Waals surface area contributed by atoms with Crippen molar-refractivity contribution in [2.75, 3.05) is 20.1 Å². The quantitative estimate of drug-likeness (QED) is 0.555. The smallest absolute Gasteiger partial charge is 0.327 e. The number of hydrogen-bond acceptors (Lipinski definition) is 5. The van der Waals surface area contributed by atoms with Crippen LogP contribution in [-0.4, -0.2) is 59.8 Å². The van der Waals surface area contributed by atoms with E-state index in [1.807, 2.05) is 0 Å². The van der Waals surface area contributed by atoms with Crippen molar-refractivity contribution in [2.24, 2.45) is 0 Å². The molecule has 2 N–H and O–H groups in total. The van der Waals surface area contributed by atoms with Crippen molar-refractivity contribution in [2.45, 2.75) is 13.0 Å². The molecule has 1 heterocycles. The highest BCUT2D eigenvalue weighted by Gasteiger charge is 2.34. The van der Waals surface area contributed by atoms with Gasteiger partial charge in [0.05, 0.1) is 0 Å². The summed E-state index contributed by atoms with van der Waals surface area (Å²) in [5.41, 5.74) is 4.16. The Balaban J connectivity index is 1.81. The van der Waals surface area contributed by atoms with Crippen molar-refractivity contribution in [3.8, 4) is 5.75 Å². The molecule has 1 aromatic carbocycles. The maximum atomic E-state index is 13.5. The Morgan fingerprint density at radius 3 is 2.56 bits per heavy atom. The normalized spacial score (nSPS) is 15.2. The minimum Gasteiger partial charge on any atom is -0.478 e. The molecule has 0 bridgehead atoms. The Labute approximate surface area is 142 Å². The van der Waals surface area contributed by atoms with Gasteiger partial charge in [0.2, 0.25) is 0 Å². The number of urea groups is 1. The lowest BCUT2D eigenvalue weighted by Crippen LogP contribution is -2.50. The number of rotatable bonds is 5. The zero-order valence-corrected chi connectivity index (χ0v) is 13.6. The average molecular weight is 352 g/mol. The second kappa shape index (κ2) is 7.60. The fourth-order valence-corrected chi connectivity index (χ4v) is 2.02. The summed E-state index contributed by atoms with van der Waals surface area (Å²) >= 11 is 0. The number of nitrogens with zero attached hydrogens (tertiary/aromatic N) is 2. The van der Waals surface area contributed by atoms with Gasteiger partial charge in [-0.1, -0.05) is 12.1 Å². The second-order valence-electron chi connectivity index (χ2n) is 5.35. The second-order valence-corrected chi connectivity index (χ2v) is 5.35. The minimum atomic E-state index is -1.08. The van der Waals surface area contributed by atoms with E-state index < -0.39 is 42.2 Å². The molecule has 5 amide bonds. The minimum absolute atomic E-state index is 0.104. The number of amides is 5. The third-order valence-corrected chi connectivity index (χ3v) is 3.37. The summed E-state index contributed by atoms with van der Waals surface area (Å²) in [5.74, 6) is -2.73. The summed E-state index contributed by atoms with van der Waals surface area (Å²) in [7, 11) is 1.43. The van der Waals surface area contributed by atoms with Crippen LogP contribution in [0.4, 0.5) is 9.18 Å². The predicted molar refractivity (Wildman–Crippen MR) is 82.5 cm³/mol. The molecule has 1 aliphatic rings. The van der Waals surface area contributed by atoms with Crippen molar-refractivity contribution < 1.29 is 28.3 Å². The highest BCUT2D eigenvalue weighted by atomic mass is 19.1. The van der Waals surface area contributed by atoms with Crippen LogP contribution in [-0.2, 0) is 14.4 Å². The molecule has 0 aliphatic carbocycles. The third-order valence-electron chi connectivity index (χ3n) is 3.37. The monoisotopic (exact) mass is 352 g/mol. The molecule has 0 unspecified atom stereocenters. The highest BCUT2D eigenvalue weighted by Crippen LogP contribution is 2.16. The van der Waals surface area contributed by atoms with Crippen molar-refractivity contribution in [3.05, 3.63) is 30.1 Å². The molecule has 0 radical (unpaired) electrons. The molecule has 1 aliphatic heterocycles. The number of carbonyl (C=O) groups is 4. The molecular weight excluding hydrogens is 335 g/mol. The molecule has 9 nitrogen and oxygen atoms in total. The largest absolute Gasteiger partial charge is 0.478 e. The number of hydrazine groups is 1. The number of imide groups is 1. The van der Waals surface area contributed by atoms with Crippen LogP contribution in [0.5, 0.6) is 5.75 Å². The molecule has 2 rings (SSSR count). The van der Waals surface area contributed by atoms with E-state index in [-0.39, 0.29) is 12.3 Å². The zero-order chi connectivity index (χ0) is 18.6. The number of nitrogens with one attached hydrogen (secondary N) is 2. The number of halogens is 1. The molecule has 0 aromatic heterocycles. The zero-order valence-electron chi connectivity index (χ0n) is 13.6. The van der Waals surface area contributed by atoms with Crippen LogP contribution in [0.15, 0.2) is 24.3 Å². The van der Waals surface area contributed by atoms with Gasteiger partial charge in [0.25, 0.3) is 17.7 Å². The Morgan fingerprint density at radius 2 is 1.96 bits per heavy atom. The Kier molecular flexibility index (Phi) is 5.52. The van der Waals surface area contributed by atoms with Gasteiger partial charge >= 0.3 is 6.03 Å². The lowest BCUT2D eigenvalue weighted by atomic mass is 10.3. The van der Waals surface area contributed by atoms with Crippen LogP contribution in [0, 0.1) is 5.82 Å². The van der Waals surface area contributed by atoms with Crippen molar-refractivity contribution in [3.63, 3.8) is 0 Å². The molecular formula is C15H17FN4O5. The summed E-state index contributed by atoms with van der Waals surface area (Å²) in [4.78, 5) is 48.7. The van der Waals surface area contributed by atoms with E-state index in [9.17, 15) is 23.6 Å². The van der Waals surface area contributed by atoms with Crippen molar-refractivity contribution in [1.82, 2.24) is 20.7 Å². The Hall–Kier alpha value is -3.17. The van der Waals surface area contributed by atoms with Gasteiger partial charge in [-0.3, -0.25) is 30.1 Å². The van der Waals surface area contributed by atoms with Crippen LogP contribution in [0.3, 0.4) is 0 Å². The first-order chi connectivity index (χ1) is 11.8. The van der Waals surface area contributed by atoms with E-state index in [1.165, 1.54) is 37.1 Å². The van der Waals surface area contributed by atoms with Crippen LogP contribution in [0.2, 0.25) is 0 Å². The number of ether oxygens (including phenoxy) is 1. The first-order valence-electron chi connectivity index (χ1n) is 7.35. The predicted octanol–water partition coefficient (Wildman–Crippen LogP) is -0.366. The number of para-hydroxylation sites is 1. The van der Waals surface area contributed by atoms with E-state index >= 15 is 0 Å². The molecule has 10 heteroatoms. The summed E-state index contributed by atoms with van der Waals surface area (Å²) in [6, 6.07) is 4.97. The van der Waals surface area contributed by atoms with E-state index in [0.717, 1.165) is 4.90 Å². The van der Waals surface area contributed by atoms with E-state index in [2.05, 4.69) is 10.9 Å². The first-order valence-corrected chi connectivity index (χ1v) is 7.35. The van der Waals surface area contributed by atoms with Crippen LogP contribution >= 0.6 is 0 Å². The molecule has 25 heavy (non-hydrogen) atoms. The van der Waals surface area contributed by atoms with Gasteiger partial charge in [-0.25, -0.2) is 9.18 Å². The molecule has 0 saturated carbocycles. The summed E-state index contributed by atoms with van der Waals surface area (Å²) in [5, 5.41) is 0. The van der Waals surface area contributed by atoms with E-state index in [0.29, 0.717) is 0 Å². The van der Waals surface area contributed by atoms with Gasteiger partial charge in [-0.2, -0.15) is 0 Å². The lowest BCUT2D eigenvalue weighted by molar-refractivity contribution is -0.134. The maximum absolute atomic E-state index is 13.5. The molecule has 1 fully saturated rings. The first kappa shape index (κ1) is 18.2. The van der Waals surface area contributed by atoms with Crippen molar-refractivity contribution >= 4 is 23.8 Å². The molecule has 0 spiro atoms. The molecule has 134 valence electrons. The highest BCUT2D eigenvalue weighted by molar-refractivity contribution is 6.04. The Morgan fingerprint density at radius 1 is 1.28 bits per heavy atom. The topological polar surface area (TPSA) is 108 Å². The molecule has 1 saturated heterocycles. The third kappa shape index (κ3) is 4.43. The number of benzene rings is 1. The fourth-order valence-electron chi connectivity index (χ4n) is 2.02. The van der Waals surface area contributed by atoms with Crippen LogP contribution in [0.1, 0.15) is 6.92 Å². The van der Waals surface area contributed by atoms with Gasteiger partial charge in [0.1, 0.15) is 13.1 Å². The maximum Gasteiger partial charge on any atom is 0.327 e. The summed E-state index contributed by atoms with van der Waals surface area (Å²) in [6.07, 6.45) is -1.08. The fraction of sp³-hybridized carbons (Fsp3) is 0.333. The van der Waals surface area contributed by atoms with E-state index in [1.54, 1.807) is 6.07 Å². The van der Waals surface area contributed by atoms with E-state index in [4.69, 9.17) is 4.74 Å². The number of hydrogen-bond donors (Lipinski definition) is 2. The summed E-state index contributed by atoms with van der Waals surface area (Å²) < 4.78 is 18.6. The van der Waals surface area contributed by atoms with Crippen LogP contribution in [0.25, 0.3) is 0 Å². The van der Waals surface area contributed by atoms with Gasteiger partial charge in [-0.05, 0) is 19.1 Å².